The topological polar surface area (TPSA) is 0 Å². The molecular weight excluding hydrogens is 212 g/mol. The molecule has 0 aromatic heterocycles. The van der Waals surface area contributed by atoms with Crippen LogP contribution in [0.3, 0.4) is 0 Å². The zero-order chi connectivity index (χ0) is 10.2. The molecule has 0 heterocycles. The molecule has 0 nitrogen and oxygen atoms in total. The first-order valence-corrected chi connectivity index (χ1v) is 6.58. The Morgan fingerprint density at radius 2 is 1.93 bits per heavy atom. The Kier molecular flexibility index (Phi) is 6.13. The molecule has 0 saturated heterocycles. The number of thioether (sulfide) groups is 1. The Balaban J connectivity index is 2.21. The number of hydrogen-bond donors (Lipinski definition) is 0. The van der Waals surface area contributed by atoms with Crippen LogP contribution in [0.4, 0.5) is 0 Å². The zero-order valence-electron chi connectivity index (χ0n) is 8.63. The first-order valence-electron chi connectivity index (χ1n) is 5.22. The second-order valence-electron chi connectivity index (χ2n) is 3.34. The maximum atomic E-state index is 6.04. The minimum absolute atomic E-state index is 0.882. The predicted octanol–water partition coefficient (Wildman–Crippen LogP) is 5.01. The van der Waals surface area contributed by atoms with Crippen LogP contribution >= 0.6 is 23.4 Å². The van der Waals surface area contributed by atoms with Crippen molar-refractivity contribution in [3.63, 3.8) is 0 Å². The summed E-state index contributed by atoms with van der Waals surface area (Å²) in [6.07, 6.45) is 5.29. The lowest BCUT2D eigenvalue weighted by Crippen LogP contribution is -1.81. The molecule has 0 unspecified atom stereocenters. The number of unbranched alkanes of at least 4 members (excludes halogenated alkanes) is 3. The lowest BCUT2D eigenvalue weighted by Gasteiger charge is -2.03. The number of rotatable bonds is 6. The summed E-state index contributed by atoms with van der Waals surface area (Å²) in [4.78, 5) is 1.21. The van der Waals surface area contributed by atoms with Gasteiger partial charge in [0, 0.05) is 4.90 Å². The quantitative estimate of drug-likeness (QED) is 0.487. The van der Waals surface area contributed by atoms with Gasteiger partial charge >= 0.3 is 0 Å². The third-order valence-electron chi connectivity index (χ3n) is 2.09. The lowest BCUT2D eigenvalue weighted by atomic mass is 10.2. The van der Waals surface area contributed by atoms with Gasteiger partial charge in [-0.25, -0.2) is 0 Å². The van der Waals surface area contributed by atoms with E-state index in [-0.39, 0.29) is 0 Å². The van der Waals surface area contributed by atoms with Gasteiger partial charge in [0.1, 0.15) is 0 Å². The molecule has 0 fully saturated rings. The van der Waals surface area contributed by atoms with Gasteiger partial charge < -0.3 is 0 Å². The standard InChI is InChI=1S/C12H17ClS/c1-2-3-4-7-10-14-12-9-6-5-8-11(12)13/h5-6,8-9H,2-4,7,10H2,1H3. The Hall–Kier alpha value is -0.140. The van der Waals surface area contributed by atoms with Gasteiger partial charge in [0.2, 0.25) is 0 Å². The minimum atomic E-state index is 0.882. The summed E-state index contributed by atoms with van der Waals surface area (Å²) < 4.78 is 0. The van der Waals surface area contributed by atoms with Crippen LogP contribution in [0.2, 0.25) is 5.02 Å². The normalized spacial score (nSPS) is 10.4. The van der Waals surface area contributed by atoms with E-state index in [0.717, 1.165) is 5.02 Å². The Labute approximate surface area is 96.0 Å². The largest absolute Gasteiger partial charge is 0.125 e. The van der Waals surface area contributed by atoms with E-state index < -0.39 is 0 Å². The molecule has 78 valence electrons. The van der Waals surface area contributed by atoms with Gasteiger partial charge in [-0.15, -0.1) is 11.8 Å². The van der Waals surface area contributed by atoms with Crippen molar-refractivity contribution in [1.29, 1.82) is 0 Å². The summed E-state index contributed by atoms with van der Waals surface area (Å²) >= 11 is 7.91. The summed E-state index contributed by atoms with van der Waals surface area (Å²) in [5.74, 6) is 1.18. The van der Waals surface area contributed by atoms with Gasteiger partial charge in [-0.05, 0) is 24.3 Å². The molecule has 14 heavy (non-hydrogen) atoms. The second-order valence-corrected chi connectivity index (χ2v) is 4.88. The Morgan fingerprint density at radius 3 is 2.64 bits per heavy atom. The molecule has 1 aromatic rings. The molecule has 1 rings (SSSR count). The van der Waals surface area contributed by atoms with E-state index in [1.165, 1.54) is 36.3 Å². The van der Waals surface area contributed by atoms with Gasteiger partial charge in [0.25, 0.3) is 0 Å². The first kappa shape index (κ1) is 11.9. The lowest BCUT2D eigenvalue weighted by molar-refractivity contribution is 0.706. The van der Waals surface area contributed by atoms with Crippen molar-refractivity contribution in [2.45, 2.75) is 37.5 Å². The van der Waals surface area contributed by atoms with Gasteiger partial charge in [0.05, 0.1) is 5.02 Å². The maximum absolute atomic E-state index is 6.04. The molecule has 0 aliphatic rings. The van der Waals surface area contributed by atoms with Crippen molar-refractivity contribution < 1.29 is 0 Å². The fraction of sp³-hybridized carbons (Fsp3) is 0.500. The molecule has 0 bridgehead atoms. The van der Waals surface area contributed by atoms with Crippen molar-refractivity contribution in [2.24, 2.45) is 0 Å². The monoisotopic (exact) mass is 228 g/mol. The van der Waals surface area contributed by atoms with E-state index in [0.29, 0.717) is 0 Å². The van der Waals surface area contributed by atoms with E-state index in [1.54, 1.807) is 0 Å². The molecule has 0 radical (unpaired) electrons. The molecule has 0 N–H and O–H groups in total. The zero-order valence-corrected chi connectivity index (χ0v) is 10.2. The summed E-state index contributed by atoms with van der Waals surface area (Å²) in [5.41, 5.74) is 0. The molecule has 0 spiro atoms. The van der Waals surface area contributed by atoms with Gasteiger partial charge in [0.15, 0.2) is 0 Å². The summed E-state index contributed by atoms with van der Waals surface area (Å²) in [6, 6.07) is 8.06. The fourth-order valence-electron chi connectivity index (χ4n) is 1.27. The Morgan fingerprint density at radius 1 is 1.14 bits per heavy atom. The number of halogens is 1. The van der Waals surface area contributed by atoms with Gasteiger partial charge in [-0.1, -0.05) is 49.9 Å². The van der Waals surface area contributed by atoms with Crippen LogP contribution in [0.1, 0.15) is 32.6 Å². The van der Waals surface area contributed by atoms with Crippen LogP contribution in [-0.2, 0) is 0 Å². The van der Waals surface area contributed by atoms with Crippen LogP contribution in [-0.4, -0.2) is 5.75 Å². The van der Waals surface area contributed by atoms with E-state index in [9.17, 15) is 0 Å². The maximum Gasteiger partial charge on any atom is 0.0541 e. The van der Waals surface area contributed by atoms with E-state index in [1.807, 2.05) is 30.0 Å². The van der Waals surface area contributed by atoms with E-state index in [2.05, 4.69) is 13.0 Å². The average Bonchev–Trinajstić information content (AvgIpc) is 2.20. The molecule has 1 aromatic carbocycles. The Bertz CT molecular complexity index is 260. The third kappa shape index (κ3) is 4.39. The molecule has 0 amide bonds. The SMILES string of the molecule is CCCCCCSc1ccccc1Cl. The highest BCUT2D eigenvalue weighted by atomic mass is 35.5. The molecular formula is C12H17ClS. The minimum Gasteiger partial charge on any atom is -0.125 e. The molecule has 0 saturated carbocycles. The van der Waals surface area contributed by atoms with Gasteiger partial charge in [-0.2, -0.15) is 0 Å². The van der Waals surface area contributed by atoms with Crippen molar-refractivity contribution >= 4 is 23.4 Å². The number of benzene rings is 1. The smallest absolute Gasteiger partial charge is 0.0541 e. The summed E-state index contributed by atoms with van der Waals surface area (Å²) in [6.45, 7) is 2.24. The molecule has 0 atom stereocenters. The molecule has 0 aliphatic heterocycles. The van der Waals surface area contributed by atoms with Crippen molar-refractivity contribution in [3.05, 3.63) is 29.3 Å². The van der Waals surface area contributed by atoms with E-state index >= 15 is 0 Å². The predicted molar refractivity (Wildman–Crippen MR) is 66.3 cm³/mol. The van der Waals surface area contributed by atoms with Crippen molar-refractivity contribution in [3.8, 4) is 0 Å². The highest BCUT2D eigenvalue weighted by Crippen LogP contribution is 2.27. The van der Waals surface area contributed by atoms with Crippen molar-refractivity contribution in [1.82, 2.24) is 0 Å². The summed E-state index contributed by atoms with van der Waals surface area (Å²) in [5, 5.41) is 0.882. The molecule has 0 aliphatic carbocycles. The van der Waals surface area contributed by atoms with Crippen LogP contribution in [0.5, 0.6) is 0 Å². The first-order chi connectivity index (χ1) is 6.84. The fourth-order valence-corrected chi connectivity index (χ4v) is 2.52. The highest BCUT2D eigenvalue weighted by molar-refractivity contribution is 7.99. The van der Waals surface area contributed by atoms with Crippen LogP contribution in [0, 0.1) is 0 Å². The average molecular weight is 229 g/mol. The third-order valence-corrected chi connectivity index (χ3v) is 3.69. The van der Waals surface area contributed by atoms with Crippen LogP contribution in [0.15, 0.2) is 29.2 Å². The number of hydrogen-bond acceptors (Lipinski definition) is 1. The molecule has 2 heteroatoms. The second kappa shape index (κ2) is 7.19. The summed E-state index contributed by atoms with van der Waals surface area (Å²) in [7, 11) is 0. The van der Waals surface area contributed by atoms with Crippen LogP contribution < -0.4 is 0 Å². The van der Waals surface area contributed by atoms with Crippen molar-refractivity contribution in [2.75, 3.05) is 5.75 Å². The highest BCUT2D eigenvalue weighted by Gasteiger charge is 1.98. The van der Waals surface area contributed by atoms with Gasteiger partial charge in [-0.3, -0.25) is 0 Å². The van der Waals surface area contributed by atoms with E-state index in [4.69, 9.17) is 11.6 Å². The van der Waals surface area contributed by atoms with Crippen LogP contribution in [0.25, 0.3) is 0 Å².